The number of nitrogens with zero attached hydrogens (tertiary/aromatic N) is 2. The van der Waals surface area contributed by atoms with Gasteiger partial charge in [-0.05, 0) is 19.8 Å². The summed E-state index contributed by atoms with van der Waals surface area (Å²) in [6.45, 7) is 8.84. The summed E-state index contributed by atoms with van der Waals surface area (Å²) in [7, 11) is -1.47. The quantitative estimate of drug-likeness (QED) is 0.260. The van der Waals surface area contributed by atoms with Crippen LogP contribution in [0.5, 0.6) is 0 Å². The van der Waals surface area contributed by atoms with Crippen LogP contribution in [-0.2, 0) is 19.5 Å². The van der Waals surface area contributed by atoms with Crippen molar-refractivity contribution in [3.63, 3.8) is 0 Å². The Morgan fingerprint density at radius 2 is 1.88 bits per heavy atom. The van der Waals surface area contributed by atoms with Gasteiger partial charge < -0.3 is 20.1 Å². The maximum atomic E-state index is 11.5. The van der Waals surface area contributed by atoms with Gasteiger partial charge in [-0.1, -0.05) is 6.92 Å². The van der Waals surface area contributed by atoms with Gasteiger partial charge in [0.25, 0.3) is 0 Å². The molecule has 0 fully saturated rings. The van der Waals surface area contributed by atoms with Gasteiger partial charge in [-0.2, -0.15) is 0 Å². The van der Waals surface area contributed by atoms with Crippen LogP contribution in [0.25, 0.3) is 0 Å². The van der Waals surface area contributed by atoms with Crippen LogP contribution in [0, 0.1) is 0 Å². The molecule has 8 nitrogen and oxygen atoms in total. The topological polar surface area (TPSA) is 92.3 Å². The molecule has 0 heterocycles. The molecule has 0 saturated heterocycles. The highest BCUT2D eigenvalue weighted by molar-refractivity contribution is 7.88. The number of rotatable bonds is 14. The molecule has 0 spiro atoms. The molecule has 9 heteroatoms. The lowest BCUT2D eigenvalue weighted by Crippen LogP contribution is -2.39. The molecule has 0 atom stereocenters. The van der Waals surface area contributed by atoms with Crippen molar-refractivity contribution in [2.24, 2.45) is 4.99 Å². The molecule has 0 saturated carbocycles. The second-order valence-electron chi connectivity index (χ2n) is 5.25. The number of sulfonamides is 1. The van der Waals surface area contributed by atoms with Gasteiger partial charge in [0.1, 0.15) is 0 Å². The maximum Gasteiger partial charge on any atom is 0.211 e. The van der Waals surface area contributed by atoms with Gasteiger partial charge in [-0.25, -0.2) is 12.7 Å². The molecule has 0 aromatic carbocycles. The Kier molecular flexibility index (Phi) is 13.9. The lowest BCUT2D eigenvalue weighted by Gasteiger charge is -2.18. The van der Waals surface area contributed by atoms with E-state index in [0.717, 1.165) is 25.3 Å². The molecule has 2 N–H and O–H groups in total. The predicted octanol–water partition coefficient (Wildman–Crippen LogP) is 0.266. The fourth-order valence-corrected chi connectivity index (χ4v) is 2.89. The third-order valence-electron chi connectivity index (χ3n) is 3.19. The number of hydrogen-bond donors (Lipinski definition) is 2. The van der Waals surface area contributed by atoms with Crippen LogP contribution in [0.3, 0.4) is 0 Å². The highest BCUT2D eigenvalue weighted by Crippen LogP contribution is 1.98. The van der Waals surface area contributed by atoms with Gasteiger partial charge in [0.2, 0.25) is 10.0 Å². The Bertz CT molecular complexity index is 429. The van der Waals surface area contributed by atoms with Gasteiger partial charge in [-0.3, -0.25) is 4.99 Å². The second-order valence-corrected chi connectivity index (χ2v) is 7.24. The summed E-state index contributed by atoms with van der Waals surface area (Å²) in [5.41, 5.74) is 0. The van der Waals surface area contributed by atoms with E-state index < -0.39 is 10.0 Å². The maximum absolute atomic E-state index is 11.5. The summed E-state index contributed by atoms with van der Waals surface area (Å²) in [5.74, 6) is 0.747. The van der Waals surface area contributed by atoms with Crippen molar-refractivity contribution in [2.45, 2.75) is 26.7 Å². The summed E-state index contributed by atoms with van der Waals surface area (Å²) in [6, 6.07) is 0. The third kappa shape index (κ3) is 12.5. The SMILES string of the molecule is CCNC(=NCCCOCCOC)NCCCN(CC)S(C)(=O)=O. The zero-order valence-electron chi connectivity index (χ0n) is 15.5. The zero-order chi connectivity index (χ0) is 18.3. The van der Waals surface area contributed by atoms with Crippen LogP contribution < -0.4 is 10.6 Å². The Balaban J connectivity index is 4.00. The van der Waals surface area contributed by atoms with Crippen LogP contribution in [0.2, 0.25) is 0 Å². The highest BCUT2D eigenvalue weighted by Gasteiger charge is 2.13. The molecular formula is C15H34N4O4S. The van der Waals surface area contributed by atoms with E-state index in [1.54, 1.807) is 7.11 Å². The first-order valence-corrected chi connectivity index (χ1v) is 10.3. The summed E-state index contributed by atoms with van der Waals surface area (Å²) >= 11 is 0. The number of methoxy groups -OCH3 is 1. The smallest absolute Gasteiger partial charge is 0.211 e. The molecule has 0 radical (unpaired) electrons. The Morgan fingerprint density at radius 1 is 1.12 bits per heavy atom. The minimum absolute atomic E-state index is 0.496. The van der Waals surface area contributed by atoms with Gasteiger partial charge in [0.05, 0.1) is 19.5 Å². The van der Waals surface area contributed by atoms with E-state index in [-0.39, 0.29) is 0 Å². The Hall–Kier alpha value is -0.900. The van der Waals surface area contributed by atoms with E-state index in [2.05, 4.69) is 15.6 Å². The van der Waals surface area contributed by atoms with Gasteiger partial charge in [0.15, 0.2) is 5.96 Å². The van der Waals surface area contributed by atoms with Gasteiger partial charge in [-0.15, -0.1) is 0 Å². The summed E-state index contributed by atoms with van der Waals surface area (Å²) in [6.07, 6.45) is 2.81. The fraction of sp³-hybridized carbons (Fsp3) is 0.933. The van der Waals surface area contributed by atoms with Crippen LogP contribution in [-0.4, -0.2) is 84.6 Å². The first-order chi connectivity index (χ1) is 11.5. The molecule has 0 rings (SSSR count). The van der Waals surface area contributed by atoms with Crippen LogP contribution in [0.1, 0.15) is 26.7 Å². The van der Waals surface area contributed by atoms with Crippen molar-refractivity contribution in [3.8, 4) is 0 Å². The van der Waals surface area contributed by atoms with Crippen molar-refractivity contribution >= 4 is 16.0 Å². The normalized spacial score (nSPS) is 12.6. The summed E-state index contributed by atoms with van der Waals surface area (Å²) < 4.78 is 34.8. The molecule has 0 aliphatic heterocycles. The van der Waals surface area contributed by atoms with E-state index in [1.807, 2.05) is 13.8 Å². The van der Waals surface area contributed by atoms with Gasteiger partial charge >= 0.3 is 0 Å². The summed E-state index contributed by atoms with van der Waals surface area (Å²) in [5, 5.41) is 6.39. The lowest BCUT2D eigenvalue weighted by atomic mass is 10.4. The van der Waals surface area contributed by atoms with E-state index in [4.69, 9.17) is 9.47 Å². The number of guanidine groups is 1. The van der Waals surface area contributed by atoms with Gasteiger partial charge in [0, 0.05) is 46.4 Å². The van der Waals surface area contributed by atoms with E-state index in [1.165, 1.54) is 10.6 Å². The standard InChI is InChI=1S/C15H34N4O4S/c1-5-16-15(18-10-8-12-23-14-13-22-3)17-9-7-11-19(6-2)24(4,20)21/h5-14H2,1-4H3,(H2,16,17,18). The molecule has 0 bridgehead atoms. The molecule has 0 aromatic rings. The number of nitrogens with one attached hydrogen (secondary N) is 2. The van der Waals surface area contributed by atoms with E-state index >= 15 is 0 Å². The predicted molar refractivity (Wildman–Crippen MR) is 98.0 cm³/mol. The van der Waals surface area contributed by atoms with Crippen molar-refractivity contribution in [1.82, 2.24) is 14.9 Å². The molecule has 0 aliphatic carbocycles. The summed E-state index contributed by atoms with van der Waals surface area (Å²) in [4.78, 5) is 4.47. The average Bonchev–Trinajstić information content (AvgIpc) is 2.52. The van der Waals surface area contributed by atoms with Crippen LogP contribution in [0.15, 0.2) is 4.99 Å². The molecule has 24 heavy (non-hydrogen) atoms. The fourth-order valence-electron chi connectivity index (χ4n) is 1.96. The lowest BCUT2D eigenvalue weighted by molar-refractivity contribution is 0.0702. The zero-order valence-corrected chi connectivity index (χ0v) is 16.3. The highest BCUT2D eigenvalue weighted by atomic mass is 32.2. The number of ether oxygens (including phenoxy) is 2. The molecule has 0 aliphatic rings. The monoisotopic (exact) mass is 366 g/mol. The molecule has 144 valence electrons. The third-order valence-corrected chi connectivity index (χ3v) is 4.57. The van der Waals surface area contributed by atoms with E-state index in [0.29, 0.717) is 46.0 Å². The molecule has 0 unspecified atom stereocenters. The van der Waals surface area contributed by atoms with E-state index in [9.17, 15) is 8.42 Å². The Labute approximate surface area is 147 Å². The van der Waals surface area contributed by atoms with Crippen molar-refractivity contribution < 1.29 is 17.9 Å². The second kappa shape index (κ2) is 14.4. The Morgan fingerprint density at radius 3 is 2.46 bits per heavy atom. The minimum atomic E-state index is -3.12. The first-order valence-electron chi connectivity index (χ1n) is 8.49. The number of aliphatic imine (C=N–C) groups is 1. The molecular weight excluding hydrogens is 332 g/mol. The largest absolute Gasteiger partial charge is 0.382 e. The van der Waals surface area contributed by atoms with Crippen LogP contribution >= 0.6 is 0 Å². The average molecular weight is 367 g/mol. The van der Waals surface area contributed by atoms with Crippen LogP contribution in [0.4, 0.5) is 0 Å². The molecule has 0 aromatic heterocycles. The molecule has 0 amide bonds. The minimum Gasteiger partial charge on any atom is -0.382 e. The number of hydrogen-bond acceptors (Lipinski definition) is 5. The van der Waals surface area contributed by atoms with Crippen molar-refractivity contribution in [1.29, 1.82) is 0 Å². The van der Waals surface area contributed by atoms with Crippen molar-refractivity contribution in [3.05, 3.63) is 0 Å². The first kappa shape index (κ1) is 23.1. The van der Waals surface area contributed by atoms with Crippen molar-refractivity contribution in [2.75, 3.05) is 65.9 Å².